The van der Waals surface area contributed by atoms with Gasteiger partial charge < -0.3 is 10.9 Å². The standard InChI is InChI=1S/C21H25ClN4O4S/c1-31(29,30)18-9-8-16(12-17(18)22)26(20(27)11-6-14-4-2-3-5-14)19-10-7-15(13-24-19)21(23)25-28/h7-10,12-14,28H,2-6,11H2,1H3,(H2,23,25). The summed E-state index contributed by atoms with van der Waals surface area (Å²) in [6.07, 6.45) is 8.25. The molecule has 0 aliphatic heterocycles. The number of pyridine rings is 1. The maximum atomic E-state index is 13.2. The van der Waals surface area contributed by atoms with Crippen molar-refractivity contribution in [2.24, 2.45) is 16.8 Å². The van der Waals surface area contributed by atoms with Crippen molar-refractivity contribution in [2.45, 2.75) is 43.4 Å². The van der Waals surface area contributed by atoms with Gasteiger partial charge in [-0.25, -0.2) is 13.4 Å². The van der Waals surface area contributed by atoms with E-state index in [4.69, 9.17) is 22.5 Å². The van der Waals surface area contributed by atoms with Crippen LogP contribution < -0.4 is 10.6 Å². The van der Waals surface area contributed by atoms with Crippen LogP contribution in [0.15, 0.2) is 46.6 Å². The second kappa shape index (κ2) is 9.65. The lowest BCUT2D eigenvalue weighted by atomic mass is 10.0. The molecule has 1 aromatic carbocycles. The van der Waals surface area contributed by atoms with E-state index in [9.17, 15) is 13.2 Å². The highest BCUT2D eigenvalue weighted by Crippen LogP contribution is 2.33. The van der Waals surface area contributed by atoms with Crippen molar-refractivity contribution in [2.75, 3.05) is 11.2 Å². The number of hydrogen-bond donors (Lipinski definition) is 2. The molecular weight excluding hydrogens is 440 g/mol. The van der Waals surface area contributed by atoms with Crippen molar-refractivity contribution in [1.82, 2.24) is 4.98 Å². The predicted octanol–water partition coefficient (Wildman–Crippen LogP) is 3.87. The van der Waals surface area contributed by atoms with Crippen LogP contribution in [-0.4, -0.2) is 36.6 Å². The SMILES string of the molecule is CS(=O)(=O)c1ccc(N(C(=O)CCC2CCCC2)c2ccc(C(N)=NO)cn2)cc1Cl. The highest BCUT2D eigenvalue weighted by Gasteiger charge is 2.24. The Morgan fingerprint density at radius 2 is 2.00 bits per heavy atom. The maximum Gasteiger partial charge on any atom is 0.232 e. The number of amidine groups is 1. The summed E-state index contributed by atoms with van der Waals surface area (Å²) < 4.78 is 23.8. The van der Waals surface area contributed by atoms with Gasteiger partial charge in [0.25, 0.3) is 0 Å². The molecule has 2 aromatic rings. The van der Waals surface area contributed by atoms with Gasteiger partial charge in [-0.15, -0.1) is 0 Å². The number of carbonyl (C=O) groups is 1. The Morgan fingerprint density at radius 3 is 2.55 bits per heavy atom. The van der Waals surface area contributed by atoms with Gasteiger partial charge in [-0.05, 0) is 42.7 Å². The molecule has 0 atom stereocenters. The zero-order chi connectivity index (χ0) is 22.6. The molecule has 1 heterocycles. The van der Waals surface area contributed by atoms with Crippen LogP contribution in [0.2, 0.25) is 5.02 Å². The zero-order valence-electron chi connectivity index (χ0n) is 17.2. The molecule has 1 saturated carbocycles. The molecule has 166 valence electrons. The Balaban J connectivity index is 1.95. The molecule has 0 bridgehead atoms. The first-order chi connectivity index (χ1) is 14.7. The molecule has 31 heavy (non-hydrogen) atoms. The average molecular weight is 465 g/mol. The number of sulfone groups is 1. The molecule has 1 aliphatic rings. The fourth-order valence-electron chi connectivity index (χ4n) is 3.80. The highest BCUT2D eigenvalue weighted by molar-refractivity contribution is 7.90. The van der Waals surface area contributed by atoms with E-state index in [1.165, 1.54) is 42.1 Å². The summed E-state index contributed by atoms with van der Waals surface area (Å²) in [5.41, 5.74) is 6.40. The second-order valence-corrected chi connectivity index (χ2v) is 10.1. The van der Waals surface area contributed by atoms with Crippen molar-refractivity contribution in [3.05, 3.63) is 47.1 Å². The molecule has 1 fully saturated rings. The summed E-state index contributed by atoms with van der Waals surface area (Å²) in [6.45, 7) is 0. The van der Waals surface area contributed by atoms with Gasteiger partial charge in [0.05, 0.1) is 15.6 Å². The molecule has 0 spiro atoms. The summed E-state index contributed by atoms with van der Waals surface area (Å²) >= 11 is 6.22. The number of rotatable bonds is 7. The first kappa shape index (κ1) is 23.0. The molecule has 0 radical (unpaired) electrons. The van der Waals surface area contributed by atoms with Gasteiger partial charge in [-0.1, -0.05) is 42.4 Å². The van der Waals surface area contributed by atoms with E-state index in [0.717, 1.165) is 25.5 Å². The Morgan fingerprint density at radius 1 is 1.29 bits per heavy atom. The molecule has 1 aliphatic carbocycles. The number of aromatic nitrogens is 1. The number of nitrogens with zero attached hydrogens (tertiary/aromatic N) is 3. The van der Waals surface area contributed by atoms with E-state index in [0.29, 0.717) is 29.4 Å². The molecule has 10 heteroatoms. The van der Waals surface area contributed by atoms with Crippen molar-refractivity contribution in [3.63, 3.8) is 0 Å². The van der Waals surface area contributed by atoms with Gasteiger partial charge in [0.1, 0.15) is 5.82 Å². The zero-order valence-corrected chi connectivity index (χ0v) is 18.7. The normalized spacial score (nSPS) is 15.2. The van der Waals surface area contributed by atoms with Crippen LogP contribution in [0, 0.1) is 5.92 Å². The van der Waals surface area contributed by atoms with Crippen molar-refractivity contribution >= 4 is 44.7 Å². The predicted molar refractivity (Wildman–Crippen MR) is 120 cm³/mol. The minimum absolute atomic E-state index is 0.00786. The Hall–Kier alpha value is -2.65. The van der Waals surface area contributed by atoms with E-state index in [2.05, 4.69) is 10.1 Å². The maximum absolute atomic E-state index is 13.2. The quantitative estimate of drug-likeness (QED) is 0.277. The third kappa shape index (κ3) is 5.54. The molecule has 0 unspecified atom stereocenters. The summed E-state index contributed by atoms with van der Waals surface area (Å²) in [5.74, 6) is 0.602. The fraction of sp³-hybridized carbons (Fsp3) is 0.381. The third-order valence-corrected chi connectivity index (χ3v) is 7.02. The third-order valence-electron chi connectivity index (χ3n) is 5.44. The fourth-order valence-corrected chi connectivity index (χ4v) is 5.12. The number of carbonyl (C=O) groups excluding carboxylic acids is 1. The second-order valence-electron chi connectivity index (χ2n) is 7.70. The van der Waals surface area contributed by atoms with E-state index in [1.54, 1.807) is 12.1 Å². The molecule has 1 amide bonds. The lowest BCUT2D eigenvalue weighted by Gasteiger charge is -2.23. The first-order valence-electron chi connectivity index (χ1n) is 9.97. The van der Waals surface area contributed by atoms with Crippen LogP contribution in [0.1, 0.15) is 44.1 Å². The van der Waals surface area contributed by atoms with Crippen LogP contribution in [0.4, 0.5) is 11.5 Å². The minimum Gasteiger partial charge on any atom is -0.409 e. The van der Waals surface area contributed by atoms with Crippen molar-refractivity contribution < 1.29 is 18.4 Å². The smallest absolute Gasteiger partial charge is 0.232 e. The summed E-state index contributed by atoms with van der Waals surface area (Å²) in [7, 11) is -3.50. The number of halogens is 1. The van der Waals surface area contributed by atoms with Gasteiger partial charge in [-0.3, -0.25) is 9.69 Å². The molecule has 3 rings (SSSR count). The Kier molecular flexibility index (Phi) is 7.17. The number of anilines is 2. The van der Waals surface area contributed by atoms with E-state index < -0.39 is 9.84 Å². The van der Waals surface area contributed by atoms with E-state index in [1.807, 2.05) is 0 Å². The lowest BCUT2D eigenvalue weighted by molar-refractivity contribution is -0.118. The monoisotopic (exact) mass is 464 g/mol. The van der Waals surface area contributed by atoms with Crippen molar-refractivity contribution in [3.8, 4) is 0 Å². The lowest BCUT2D eigenvalue weighted by Crippen LogP contribution is -2.27. The highest BCUT2D eigenvalue weighted by atomic mass is 35.5. The van der Waals surface area contributed by atoms with Crippen LogP contribution in [-0.2, 0) is 14.6 Å². The van der Waals surface area contributed by atoms with Gasteiger partial charge in [0.15, 0.2) is 15.7 Å². The minimum atomic E-state index is -3.50. The molecular formula is C21H25ClN4O4S. The van der Waals surface area contributed by atoms with Crippen LogP contribution in [0.25, 0.3) is 0 Å². The van der Waals surface area contributed by atoms with E-state index in [-0.39, 0.29) is 21.7 Å². The first-order valence-corrected chi connectivity index (χ1v) is 12.2. The number of oxime groups is 1. The van der Waals surface area contributed by atoms with Gasteiger partial charge >= 0.3 is 0 Å². The molecule has 3 N–H and O–H groups in total. The summed E-state index contributed by atoms with van der Waals surface area (Å²) in [5, 5.41) is 11.8. The number of amides is 1. The summed E-state index contributed by atoms with van der Waals surface area (Å²) in [6, 6.07) is 7.54. The van der Waals surface area contributed by atoms with Gasteiger partial charge in [0, 0.05) is 24.4 Å². The number of benzene rings is 1. The van der Waals surface area contributed by atoms with Gasteiger partial charge in [0.2, 0.25) is 5.91 Å². The molecule has 1 aromatic heterocycles. The van der Waals surface area contributed by atoms with Crippen LogP contribution >= 0.6 is 11.6 Å². The van der Waals surface area contributed by atoms with E-state index >= 15 is 0 Å². The number of nitrogens with two attached hydrogens (primary N) is 1. The van der Waals surface area contributed by atoms with Crippen molar-refractivity contribution in [1.29, 1.82) is 0 Å². The Labute approximate surface area is 186 Å². The Bertz CT molecular complexity index is 1080. The topological polar surface area (TPSA) is 126 Å². The average Bonchev–Trinajstić information content (AvgIpc) is 3.25. The molecule has 8 nitrogen and oxygen atoms in total. The molecule has 0 saturated heterocycles. The van der Waals surface area contributed by atoms with Crippen LogP contribution in [0.5, 0.6) is 0 Å². The largest absolute Gasteiger partial charge is 0.409 e. The number of hydrogen-bond acceptors (Lipinski definition) is 6. The summed E-state index contributed by atoms with van der Waals surface area (Å²) in [4.78, 5) is 18.9. The van der Waals surface area contributed by atoms with Gasteiger partial charge in [-0.2, -0.15) is 0 Å². The van der Waals surface area contributed by atoms with Crippen LogP contribution in [0.3, 0.4) is 0 Å².